The van der Waals surface area contributed by atoms with Gasteiger partial charge in [-0.1, -0.05) is 13.3 Å². The molecule has 1 fully saturated rings. The maximum absolute atomic E-state index is 6.31. The summed E-state index contributed by atoms with van der Waals surface area (Å²) in [6, 6.07) is 2.01. The van der Waals surface area contributed by atoms with Crippen molar-refractivity contribution in [2.24, 2.45) is 5.41 Å². The third-order valence-electron chi connectivity index (χ3n) is 4.32. The smallest absolute Gasteiger partial charge is 0.160 e. The van der Waals surface area contributed by atoms with Crippen LogP contribution < -0.4 is 0 Å². The van der Waals surface area contributed by atoms with Crippen LogP contribution in [0.1, 0.15) is 49.9 Å². The number of aromatic nitrogens is 3. The fourth-order valence-corrected chi connectivity index (χ4v) is 3.10. The lowest BCUT2D eigenvalue weighted by Crippen LogP contribution is -2.31. The second kappa shape index (κ2) is 4.48. The number of imidazole rings is 1. The fraction of sp³-hybridized carbons (Fsp3) is 0.600. The molecule has 1 aliphatic rings. The van der Waals surface area contributed by atoms with Crippen LogP contribution in [0.3, 0.4) is 0 Å². The number of hydrogen-bond donors (Lipinski definition) is 0. The minimum Gasteiger partial charge on any atom is -0.311 e. The molecule has 1 atom stereocenters. The van der Waals surface area contributed by atoms with Gasteiger partial charge in [0.1, 0.15) is 11.3 Å². The molecule has 19 heavy (non-hydrogen) atoms. The Hall–Kier alpha value is -1.09. The molecule has 0 N–H and O–H groups in total. The minimum absolute atomic E-state index is 0.0859. The van der Waals surface area contributed by atoms with E-state index in [1.165, 1.54) is 24.8 Å². The third-order valence-corrected chi connectivity index (χ3v) is 4.52. The first-order valence-corrected chi connectivity index (χ1v) is 7.40. The van der Waals surface area contributed by atoms with E-state index in [0.29, 0.717) is 5.41 Å². The van der Waals surface area contributed by atoms with Gasteiger partial charge in [0.2, 0.25) is 0 Å². The molecule has 0 spiro atoms. The van der Waals surface area contributed by atoms with Crippen LogP contribution in [-0.4, -0.2) is 14.5 Å². The van der Waals surface area contributed by atoms with Gasteiger partial charge in [-0.25, -0.2) is 9.97 Å². The first-order valence-electron chi connectivity index (χ1n) is 6.96. The van der Waals surface area contributed by atoms with Crippen molar-refractivity contribution in [2.75, 3.05) is 0 Å². The highest BCUT2D eigenvalue weighted by Crippen LogP contribution is 2.43. The molecule has 1 unspecified atom stereocenters. The molecule has 2 heterocycles. The fourth-order valence-electron chi connectivity index (χ4n) is 2.93. The summed E-state index contributed by atoms with van der Waals surface area (Å²) in [5, 5.41) is -0.0859. The Balaban J connectivity index is 2.14. The average Bonchev–Trinajstić information content (AvgIpc) is 2.68. The number of aryl methyl sites for hydroxylation is 1. The van der Waals surface area contributed by atoms with E-state index in [2.05, 4.69) is 23.4 Å². The molecule has 0 aromatic carbocycles. The molecule has 4 heteroatoms. The van der Waals surface area contributed by atoms with Crippen LogP contribution in [0.2, 0.25) is 0 Å². The van der Waals surface area contributed by atoms with Gasteiger partial charge in [0.25, 0.3) is 0 Å². The molecule has 0 radical (unpaired) electrons. The Labute approximate surface area is 119 Å². The van der Waals surface area contributed by atoms with E-state index in [-0.39, 0.29) is 5.38 Å². The Bertz CT molecular complexity index is 611. The van der Waals surface area contributed by atoms with E-state index in [1.54, 1.807) is 0 Å². The largest absolute Gasteiger partial charge is 0.311 e. The van der Waals surface area contributed by atoms with Crippen LogP contribution in [0.15, 0.2) is 12.3 Å². The van der Waals surface area contributed by atoms with E-state index in [1.807, 2.05) is 19.2 Å². The Kier molecular flexibility index (Phi) is 3.05. The number of rotatable bonds is 3. The zero-order valence-electron chi connectivity index (χ0n) is 11.8. The van der Waals surface area contributed by atoms with Crippen LogP contribution >= 0.6 is 11.6 Å². The lowest BCUT2D eigenvalue weighted by atomic mass is 9.70. The highest BCUT2D eigenvalue weighted by atomic mass is 35.5. The van der Waals surface area contributed by atoms with Gasteiger partial charge in [0.15, 0.2) is 5.65 Å². The van der Waals surface area contributed by atoms with Crippen molar-refractivity contribution in [3.63, 3.8) is 0 Å². The van der Waals surface area contributed by atoms with Crippen LogP contribution in [-0.2, 0) is 6.54 Å². The van der Waals surface area contributed by atoms with E-state index >= 15 is 0 Å². The Morgan fingerprint density at radius 2 is 2.21 bits per heavy atom. The summed E-state index contributed by atoms with van der Waals surface area (Å²) >= 11 is 6.31. The Morgan fingerprint density at radius 3 is 2.79 bits per heavy atom. The number of pyridine rings is 1. The summed E-state index contributed by atoms with van der Waals surface area (Å²) in [5.41, 5.74) is 3.53. The topological polar surface area (TPSA) is 30.7 Å². The van der Waals surface area contributed by atoms with Gasteiger partial charge in [-0.15, -0.1) is 11.6 Å². The standard InChI is InChI=1S/C15H20ClN3/c1-10-5-8-17-14-12(10)18-13(11(2)16)19(14)9-15(3)6-4-7-15/h5,8,11H,4,6-7,9H2,1-3H3. The zero-order chi connectivity index (χ0) is 13.6. The van der Waals surface area contributed by atoms with Crippen molar-refractivity contribution in [3.05, 3.63) is 23.7 Å². The third kappa shape index (κ3) is 2.14. The van der Waals surface area contributed by atoms with Gasteiger partial charge in [-0.2, -0.15) is 0 Å². The molecular formula is C15H20ClN3. The average molecular weight is 278 g/mol. The van der Waals surface area contributed by atoms with Crippen LogP contribution in [0.5, 0.6) is 0 Å². The summed E-state index contributed by atoms with van der Waals surface area (Å²) in [5.74, 6) is 0.951. The number of alkyl halides is 1. The molecule has 0 bridgehead atoms. The van der Waals surface area contributed by atoms with E-state index in [0.717, 1.165) is 23.5 Å². The van der Waals surface area contributed by atoms with E-state index < -0.39 is 0 Å². The quantitative estimate of drug-likeness (QED) is 0.786. The van der Waals surface area contributed by atoms with Crippen molar-refractivity contribution < 1.29 is 0 Å². The van der Waals surface area contributed by atoms with Crippen molar-refractivity contribution in [1.29, 1.82) is 0 Å². The molecular weight excluding hydrogens is 258 g/mol. The van der Waals surface area contributed by atoms with Gasteiger partial charge in [-0.3, -0.25) is 0 Å². The van der Waals surface area contributed by atoms with Crippen molar-refractivity contribution in [2.45, 2.75) is 52.0 Å². The maximum atomic E-state index is 6.31. The molecule has 2 aromatic heterocycles. The first-order chi connectivity index (χ1) is 9.00. The first kappa shape index (κ1) is 12.9. The molecule has 3 nitrogen and oxygen atoms in total. The van der Waals surface area contributed by atoms with Gasteiger partial charge < -0.3 is 4.57 Å². The van der Waals surface area contributed by atoms with Gasteiger partial charge in [-0.05, 0) is 43.7 Å². The molecule has 3 rings (SSSR count). The van der Waals surface area contributed by atoms with Gasteiger partial charge in [0.05, 0.1) is 5.38 Å². The molecule has 102 valence electrons. The highest BCUT2D eigenvalue weighted by molar-refractivity contribution is 6.20. The molecule has 0 saturated heterocycles. The number of nitrogens with zero attached hydrogens (tertiary/aromatic N) is 3. The molecule has 1 saturated carbocycles. The zero-order valence-corrected chi connectivity index (χ0v) is 12.5. The summed E-state index contributed by atoms with van der Waals surface area (Å²) < 4.78 is 2.24. The monoisotopic (exact) mass is 277 g/mol. The number of halogens is 1. The van der Waals surface area contributed by atoms with Crippen molar-refractivity contribution in [3.8, 4) is 0 Å². The highest BCUT2D eigenvalue weighted by Gasteiger charge is 2.34. The minimum atomic E-state index is -0.0859. The second-order valence-electron chi connectivity index (χ2n) is 6.14. The normalized spacial score (nSPS) is 19.4. The number of hydrogen-bond acceptors (Lipinski definition) is 2. The van der Waals surface area contributed by atoms with Crippen LogP contribution in [0.4, 0.5) is 0 Å². The number of fused-ring (bicyclic) bond motifs is 1. The molecule has 0 amide bonds. The summed E-state index contributed by atoms with van der Waals surface area (Å²) in [4.78, 5) is 9.25. The summed E-state index contributed by atoms with van der Waals surface area (Å²) in [6.07, 6.45) is 5.77. The van der Waals surface area contributed by atoms with Crippen molar-refractivity contribution >= 4 is 22.8 Å². The summed E-state index contributed by atoms with van der Waals surface area (Å²) in [7, 11) is 0. The van der Waals surface area contributed by atoms with Gasteiger partial charge >= 0.3 is 0 Å². The maximum Gasteiger partial charge on any atom is 0.160 e. The van der Waals surface area contributed by atoms with Crippen LogP contribution in [0.25, 0.3) is 11.2 Å². The van der Waals surface area contributed by atoms with Crippen molar-refractivity contribution in [1.82, 2.24) is 14.5 Å². The predicted octanol–water partition coefficient (Wildman–Crippen LogP) is 4.23. The van der Waals surface area contributed by atoms with Crippen LogP contribution in [0, 0.1) is 12.3 Å². The molecule has 2 aromatic rings. The lowest BCUT2D eigenvalue weighted by Gasteiger charge is -2.39. The summed E-state index contributed by atoms with van der Waals surface area (Å²) in [6.45, 7) is 7.39. The van der Waals surface area contributed by atoms with E-state index in [9.17, 15) is 0 Å². The molecule has 0 aliphatic heterocycles. The predicted molar refractivity (Wildman–Crippen MR) is 78.5 cm³/mol. The Morgan fingerprint density at radius 1 is 1.47 bits per heavy atom. The lowest BCUT2D eigenvalue weighted by molar-refractivity contribution is 0.132. The van der Waals surface area contributed by atoms with Gasteiger partial charge in [0, 0.05) is 12.7 Å². The SMILES string of the molecule is Cc1ccnc2c1nc(C(C)Cl)n2CC1(C)CCC1. The molecule has 1 aliphatic carbocycles. The van der Waals surface area contributed by atoms with E-state index in [4.69, 9.17) is 16.6 Å². The second-order valence-corrected chi connectivity index (χ2v) is 6.79.